The fourth-order valence-electron chi connectivity index (χ4n) is 2.54. The molecule has 0 radical (unpaired) electrons. The van der Waals surface area contributed by atoms with Gasteiger partial charge in [0.15, 0.2) is 18.4 Å². The Morgan fingerprint density at radius 2 is 1.96 bits per heavy atom. The summed E-state index contributed by atoms with van der Waals surface area (Å²) in [4.78, 5) is 23.7. The van der Waals surface area contributed by atoms with E-state index >= 15 is 0 Å². The third-order valence-electron chi connectivity index (χ3n) is 4.07. The van der Waals surface area contributed by atoms with Gasteiger partial charge in [0.25, 0.3) is 0 Å². The van der Waals surface area contributed by atoms with Gasteiger partial charge in [-0.2, -0.15) is 0 Å². The molecule has 1 aliphatic rings. The molecule has 0 bridgehead atoms. The van der Waals surface area contributed by atoms with Crippen LogP contribution in [0.2, 0.25) is 0 Å². The number of carbonyl (C=O) groups is 2. The van der Waals surface area contributed by atoms with Crippen molar-refractivity contribution in [2.75, 3.05) is 21.3 Å². The van der Waals surface area contributed by atoms with Crippen molar-refractivity contribution in [1.82, 2.24) is 0 Å². The number of hydrogen-bond acceptors (Lipinski definition) is 6. The summed E-state index contributed by atoms with van der Waals surface area (Å²) in [6.45, 7) is 1.80. The van der Waals surface area contributed by atoms with Crippen molar-refractivity contribution in [1.29, 1.82) is 0 Å². The number of allylic oxidation sites excluding steroid dienone is 3. The van der Waals surface area contributed by atoms with Gasteiger partial charge in [-0.1, -0.05) is 12.2 Å². The van der Waals surface area contributed by atoms with Gasteiger partial charge in [-0.05, 0) is 32.3 Å². The Morgan fingerprint density at radius 1 is 1.24 bits per heavy atom. The van der Waals surface area contributed by atoms with Crippen LogP contribution >= 0.6 is 0 Å². The number of methoxy groups -OCH3 is 3. The first-order valence-corrected chi connectivity index (χ1v) is 8.67. The number of unbranched alkanes of at least 4 members (excludes halogenated alkanes) is 2. The first-order chi connectivity index (χ1) is 12.0. The second kappa shape index (κ2) is 12.1. The molecular formula is C19H30O6. The SMILES string of the molecule is COC(C)OC1C=C(C=CCCCCC(=O)CC(OC)OC)C(=O)C1. The fourth-order valence-corrected chi connectivity index (χ4v) is 2.54. The zero-order chi connectivity index (χ0) is 18.7. The minimum absolute atomic E-state index is 0.0879. The lowest BCUT2D eigenvalue weighted by Crippen LogP contribution is -2.18. The van der Waals surface area contributed by atoms with E-state index in [1.165, 1.54) is 14.2 Å². The molecule has 0 saturated heterocycles. The van der Waals surface area contributed by atoms with Gasteiger partial charge < -0.3 is 18.9 Å². The molecule has 0 N–H and O–H groups in total. The van der Waals surface area contributed by atoms with E-state index in [4.69, 9.17) is 18.9 Å². The van der Waals surface area contributed by atoms with Gasteiger partial charge in [0.2, 0.25) is 0 Å². The summed E-state index contributed by atoms with van der Waals surface area (Å²) in [6, 6.07) is 0. The number of ether oxygens (including phenoxy) is 4. The van der Waals surface area contributed by atoms with Crippen LogP contribution in [-0.4, -0.2) is 51.6 Å². The van der Waals surface area contributed by atoms with Crippen LogP contribution in [0, 0.1) is 0 Å². The smallest absolute Gasteiger partial charge is 0.165 e. The summed E-state index contributed by atoms with van der Waals surface area (Å²) in [5.41, 5.74) is 0.687. The van der Waals surface area contributed by atoms with Crippen LogP contribution in [0.1, 0.15) is 45.4 Å². The Hall–Kier alpha value is -1.34. The highest BCUT2D eigenvalue weighted by Crippen LogP contribution is 2.20. The normalized spacial score (nSPS) is 19.0. The number of rotatable bonds is 13. The lowest BCUT2D eigenvalue weighted by atomic mass is 10.1. The Bertz CT molecular complexity index is 478. The number of Topliss-reactive ketones (excluding diaryl/α,β-unsaturated/α-hetero) is 2. The maximum Gasteiger partial charge on any atom is 0.165 e. The minimum Gasteiger partial charge on any atom is -0.356 e. The summed E-state index contributed by atoms with van der Waals surface area (Å²) in [5.74, 6) is 0.225. The zero-order valence-electron chi connectivity index (χ0n) is 15.7. The molecule has 6 nitrogen and oxygen atoms in total. The minimum atomic E-state index is -0.455. The van der Waals surface area contributed by atoms with Gasteiger partial charge in [0.1, 0.15) is 5.78 Å². The van der Waals surface area contributed by atoms with E-state index in [9.17, 15) is 9.59 Å². The van der Waals surface area contributed by atoms with E-state index in [1.807, 2.05) is 18.2 Å². The summed E-state index contributed by atoms with van der Waals surface area (Å²) in [5, 5.41) is 0. The van der Waals surface area contributed by atoms with Gasteiger partial charge in [0, 0.05) is 39.7 Å². The number of hydrogen-bond donors (Lipinski definition) is 0. The first-order valence-electron chi connectivity index (χ1n) is 8.67. The van der Waals surface area contributed by atoms with Crippen LogP contribution in [0.4, 0.5) is 0 Å². The molecular weight excluding hydrogens is 324 g/mol. The van der Waals surface area contributed by atoms with Crippen molar-refractivity contribution in [3.05, 3.63) is 23.8 Å². The molecule has 0 saturated carbocycles. The summed E-state index contributed by atoms with van der Waals surface area (Å²) < 4.78 is 20.6. The van der Waals surface area contributed by atoms with Crippen molar-refractivity contribution in [3.8, 4) is 0 Å². The quantitative estimate of drug-likeness (QED) is 0.374. The van der Waals surface area contributed by atoms with Crippen molar-refractivity contribution in [2.24, 2.45) is 0 Å². The van der Waals surface area contributed by atoms with E-state index in [2.05, 4.69) is 0 Å². The van der Waals surface area contributed by atoms with Crippen LogP contribution in [0.25, 0.3) is 0 Å². The molecule has 0 aromatic rings. The lowest BCUT2D eigenvalue weighted by Gasteiger charge is -2.14. The molecule has 1 aliphatic carbocycles. The molecule has 1 rings (SSSR count). The Labute approximate surface area is 150 Å². The maximum absolute atomic E-state index is 11.9. The topological polar surface area (TPSA) is 71.1 Å². The largest absolute Gasteiger partial charge is 0.356 e. The van der Waals surface area contributed by atoms with Crippen LogP contribution < -0.4 is 0 Å². The third-order valence-corrected chi connectivity index (χ3v) is 4.07. The monoisotopic (exact) mass is 354 g/mol. The van der Waals surface area contributed by atoms with Gasteiger partial charge >= 0.3 is 0 Å². The Morgan fingerprint density at radius 3 is 2.60 bits per heavy atom. The van der Waals surface area contributed by atoms with Gasteiger partial charge in [0.05, 0.1) is 12.5 Å². The molecule has 2 unspecified atom stereocenters. The number of carbonyl (C=O) groups excluding carboxylic acids is 2. The Kier molecular flexibility index (Phi) is 10.5. The molecule has 0 fully saturated rings. The molecule has 25 heavy (non-hydrogen) atoms. The van der Waals surface area contributed by atoms with Crippen molar-refractivity contribution < 1.29 is 28.5 Å². The lowest BCUT2D eigenvalue weighted by molar-refractivity contribution is -0.138. The van der Waals surface area contributed by atoms with Gasteiger partial charge in [-0.3, -0.25) is 9.59 Å². The average Bonchev–Trinajstić information content (AvgIpc) is 2.94. The molecule has 0 spiro atoms. The zero-order valence-corrected chi connectivity index (χ0v) is 15.7. The van der Waals surface area contributed by atoms with Crippen molar-refractivity contribution >= 4 is 11.6 Å². The molecule has 6 heteroatoms. The second-order valence-corrected chi connectivity index (χ2v) is 6.02. The highest BCUT2D eigenvalue weighted by Gasteiger charge is 2.24. The molecule has 0 amide bonds. The molecule has 0 aromatic carbocycles. The first kappa shape index (κ1) is 21.7. The van der Waals surface area contributed by atoms with Crippen molar-refractivity contribution in [2.45, 2.75) is 64.1 Å². The van der Waals surface area contributed by atoms with E-state index < -0.39 is 6.29 Å². The predicted molar refractivity (Wildman–Crippen MR) is 94.1 cm³/mol. The summed E-state index contributed by atoms with van der Waals surface area (Å²) >= 11 is 0. The van der Waals surface area contributed by atoms with E-state index in [-0.39, 0.29) is 30.4 Å². The predicted octanol–water partition coefficient (Wildman–Crippen LogP) is 2.96. The molecule has 0 aliphatic heterocycles. The maximum atomic E-state index is 11.9. The van der Waals surface area contributed by atoms with E-state index in [0.29, 0.717) is 18.4 Å². The highest BCUT2D eigenvalue weighted by atomic mass is 16.7. The fraction of sp³-hybridized carbons (Fsp3) is 0.684. The van der Waals surface area contributed by atoms with Crippen LogP contribution in [-0.2, 0) is 28.5 Å². The molecule has 142 valence electrons. The highest BCUT2D eigenvalue weighted by molar-refractivity contribution is 6.00. The number of ketones is 2. The molecule has 0 aromatic heterocycles. The Balaban J connectivity index is 2.24. The van der Waals surface area contributed by atoms with Crippen LogP contribution in [0.3, 0.4) is 0 Å². The standard InChI is InChI=1S/C19H30O6/c1-14(22-2)25-17-11-15(18(21)13-17)9-7-5-6-8-10-16(20)12-19(23-3)24-4/h7,9,11,14,17,19H,5-6,8,10,12-13H2,1-4H3. The van der Waals surface area contributed by atoms with E-state index in [0.717, 1.165) is 19.3 Å². The van der Waals surface area contributed by atoms with Crippen molar-refractivity contribution in [3.63, 3.8) is 0 Å². The summed E-state index contributed by atoms with van der Waals surface area (Å²) in [7, 11) is 4.62. The molecule has 2 atom stereocenters. The summed E-state index contributed by atoms with van der Waals surface area (Å²) in [6.07, 6.45) is 8.37. The van der Waals surface area contributed by atoms with Crippen LogP contribution in [0.5, 0.6) is 0 Å². The van der Waals surface area contributed by atoms with Gasteiger partial charge in [-0.25, -0.2) is 0 Å². The second-order valence-electron chi connectivity index (χ2n) is 6.02. The van der Waals surface area contributed by atoms with Gasteiger partial charge in [-0.15, -0.1) is 0 Å². The average molecular weight is 354 g/mol. The van der Waals surface area contributed by atoms with Crippen LogP contribution in [0.15, 0.2) is 23.8 Å². The van der Waals surface area contributed by atoms with E-state index in [1.54, 1.807) is 14.0 Å². The molecule has 0 heterocycles. The third kappa shape index (κ3) is 8.54.